The van der Waals surface area contributed by atoms with Crippen molar-refractivity contribution in [2.24, 2.45) is 0 Å². The van der Waals surface area contributed by atoms with E-state index in [1.54, 1.807) is 0 Å². The second kappa shape index (κ2) is 5.82. The quantitative estimate of drug-likeness (QED) is 0.850. The van der Waals surface area contributed by atoms with Gasteiger partial charge >= 0.3 is 0 Å². The van der Waals surface area contributed by atoms with Crippen LogP contribution in [0, 0.1) is 0 Å². The maximum atomic E-state index is 10.1. The molecule has 5 nitrogen and oxygen atoms in total. The summed E-state index contributed by atoms with van der Waals surface area (Å²) in [4.78, 5) is 1.02. The molecule has 0 bridgehead atoms. The zero-order chi connectivity index (χ0) is 13.5. The summed E-state index contributed by atoms with van der Waals surface area (Å²) in [6.07, 6.45) is 1.03. The number of fused-ring (bicyclic) bond motifs is 1. The minimum Gasteiger partial charge on any atom is -0.492 e. The van der Waals surface area contributed by atoms with Gasteiger partial charge in [0, 0.05) is 18.0 Å². The van der Waals surface area contributed by atoms with Crippen LogP contribution in [0.25, 0.3) is 10.4 Å². The zero-order valence-electron chi connectivity index (χ0n) is 11.2. The van der Waals surface area contributed by atoms with Crippen LogP contribution < -0.4 is 14.8 Å². The van der Waals surface area contributed by atoms with Gasteiger partial charge in [0.05, 0.1) is 4.88 Å². The lowest BCUT2D eigenvalue weighted by atomic mass is 9.96. The fourth-order valence-corrected chi connectivity index (χ4v) is 3.67. The average Bonchev–Trinajstić information content (AvgIpc) is 3.17. The lowest BCUT2D eigenvalue weighted by molar-refractivity contribution is 0.174. The predicted molar refractivity (Wildman–Crippen MR) is 85.9 cm³/mol. The van der Waals surface area contributed by atoms with Crippen LogP contribution in [0.4, 0.5) is 0 Å². The van der Waals surface area contributed by atoms with E-state index in [0.717, 1.165) is 47.0 Å². The largest absolute Gasteiger partial charge is 0.492 e. The van der Waals surface area contributed by atoms with Crippen molar-refractivity contribution in [1.29, 1.82) is 0 Å². The summed E-state index contributed by atoms with van der Waals surface area (Å²) in [6.45, 7) is 2.15. The lowest BCUT2D eigenvalue weighted by Gasteiger charge is -2.10. The summed E-state index contributed by atoms with van der Waals surface area (Å²) >= 11 is 1.34. The van der Waals surface area contributed by atoms with Crippen LogP contribution in [0.2, 0.25) is 0 Å². The molecule has 1 aromatic heterocycles. The number of aromatic hydroxyl groups is 1. The molecule has 2 aliphatic heterocycles. The number of rotatable bonds is 2. The second-order valence-corrected chi connectivity index (χ2v) is 5.78. The molecular formula is C14H15BrN2O3S. The van der Waals surface area contributed by atoms with E-state index < -0.39 is 0 Å². The summed E-state index contributed by atoms with van der Waals surface area (Å²) < 4.78 is 14.9. The number of ether oxygens (including phenoxy) is 2. The molecule has 1 saturated heterocycles. The Morgan fingerprint density at radius 1 is 1.29 bits per heavy atom. The molecule has 1 fully saturated rings. The number of nitrogens with one attached hydrogen (secondary N) is 1. The molecule has 0 saturated carbocycles. The van der Waals surface area contributed by atoms with Crippen molar-refractivity contribution in [3.8, 4) is 27.8 Å². The van der Waals surface area contributed by atoms with E-state index in [2.05, 4.69) is 9.69 Å². The van der Waals surface area contributed by atoms with Gasteiger partial charge in [0.15, 0.2) is 11.5 Å². The fraction of sp³-hybridized carbons (Fsp3) is 0.357. The van der Waals surface area contributed by atoms with Crippen LogP contribution in [0.1, 0.15) is 17.9 Å². The molecule has 1 atom stereocenters. The highest BCUT2D eigenvalue weighted by Gasteiger charge is 2.27. The van der Waals surface area contributed by atoms with Gasteiger partial charge in [-0.2, -0.15) is 4.37 Å². The topological polar surface area (TPSA) is 63.6 Å². The van der Waals surface area contributed by atoms with Gasteiger partial charge in [0.25, 0.3) is 0 Å². The lowest BCUT2D eigenvalue weighted by Crippen LogP contribution is -2.08. The zero-order valence-corrected chi connectivity index (χ0v) is 13.7. The molecule has 2 aromatic rings. The summed E-state index contributed by atoms with van der Waals surface area (Å²) in [5.41, 5.74) is 1.98. The van der Waals surface area contributed by atoms with Crippen molar-refractivity contribution >= 4 is 28.5 Å². The van der Waals surface area contributed by atoms with Crippen LogP contribution in [0.15, 0.2) is 18.2 Å². The molecule has 0 radical (unpaired) electrons. The molecule has 0 spiro atoms. The minimum atomic E-state index is 0. The Morgan fingerprint density at radius 3 is 2.95 bits per heavy atom. The predicted octanol–water partition coefficient (Wildman–Crippen LogP) is 2.90. The van der Waals surface area contributed by atoms with Gasteiger partial charge in [-0.1, -0.05) is 0 Å². The third-order valence-electron chi connectivity index (χ3n) is 3.81. The Kier molecular flexibility index (Phi) is 4.05. The molecule has 1 unspecified atom stereocenters. The van der Waals surface area contributed by atoms with Gasteiger partial charge in [-0.3, -0.25) is 0 Å². The summed E-state index contributed by atoms with van der Waals surface area (Å²) in [7, 11) is 0. The highest BCUT2D eigenvalue weighted by Crippen LogP contribution is 2.43. The molecule has 7 heteroatoms. The highest BCUT2D eigenvalue weighted by atomic mass is 79.9. The Hall–Kier alpha value is -1.31. The van der Waals surface area contributed by atoms with Crippen LogP contribution in [0.5, 0.6) is 17.4 Å². The van der Waals surface area contributed by atoms with Crippen molar-refractivity contribution in [1.82, 2.24) is 9.69 Å². The monoisotopic (exact) mass is 370 g/mol. The average molecular weight is 371 g/mol. The Balaban J connectivity index is 0.00000132. The SMILES string of the molecule is Br.Oc1nsc(-c2ccc3c(c2)OCO3)c1C1CCNC1. The number of benzene rings is 1. The highest BCUT2D eigenvalue weighted by molar-refractivity contribution is 8.93. The number of nitrogens with zero attached hydrogens (tertiary/aromatic N) is 1. The van der Waals surface area contributed by atoms with E-state index in [1.165, 1.54) is 11.5 Å². The van der Waals surface area contributed by atoms with Crippen molar-refractivity contribution in [3.63, 3.8) is 0 Å². The summed E-state index contributed by atoms with van der Waals surface area (Å²) in [5, 5.41) is 13.4. The number of halogens is 1. The van der Waals surface area contributed by atoms with E-state index in [4.69, 9.17) is 9.47 Å². The molecule has 0 amide bonds. The van der Waals surface area contributed by atoms with E-state index in [1.807, 2.05) is 18.2 Å². The maximum absolute atomic E-state index is 10.1. The van der Waals surface area contributed by atoms with E-state index in [9.17, 15) is 5.11 Å². The van der Waals surface area contributed by atoms with Crippen LogP contribution >= 0.6 is 28.5 Å². The molecular weight excluding hydrogens is 356 g/mol. The van der Waals surface area contributed by atoms with Gasteiger partial charge in [0.2, 0.25) is 12.7 Å². The molecule has 2 N–H and O–H groups in total. The third kappa shape index (κ3) is 2.49. The minimum absolute atomic E-state index is 0. The summed E-state index contributed by atoms with van der Waals surface area (Å²) in [5.74, 6) is 2.02. The number of hydrogen-bond acceptors (Lipinski definition) is 6. The first-order valence-corrected chi connectivity index (χ1v) is 7.39. The fourth-order valence-electron chi connectivity index (χ4n) is 2.80. The van der Waals surface area contributed by atoms with Gasteiger partial charge in [-0.25, -0.2) is 0 Å². The van der Waals surface area contributed by atoms with Crippen molar-refractivity contribution in [2.75, 3.05) is 19.9 Å². The number of hydrogen-bond donors (Lipinski definition) is 2. The van der Waals surface area contributed by atoms with Crippen LogP contribution in [-0.2, 0) is 0 Å². The first kappa shape index (κ1) is 14.6. The van der Waals surface area contributed by atoms with Gasteiger partial charge in [-0.15, -0.1) is 17.0 Å². The molecule has 2 aliphatic rings. The molecule has 21 heavy (non-hydrogen) atoms. The van der Waals surface area contributed by atoms with E-state index in [-0.39, 0.29) is 29.7 Å². The Morgan fingerprint density at radius 2 is 2.14 bits per heavy atom. The van der Waals surface area contributed by atoms with Gasteiger partial charge in [-0.05, 0) is 48.3 Å². The third-order valence-corrected chi connectivity index (χ3v) is 4.71. The second-order valence-electron chi connectivity index (χ2n) is 5.01. The van der Waals surface area contributed by atoms with Gasteiger partial charge in [0.1, 0.15) is 0 Å². The van der Waals surface area contributed by atoms with Crippen molar-refractivity contribution in [3.05, 3.63) is 23.8 Å². The molecule has 3 heterocycles. The first-order chi connectivity index (χ1) is 9.83. The summed E-state index contributed by atoms with van der Waals surface area (Å²) in [6, 6.07) is 5.86. The van der Waals surface area contributed by atoms with E-state index in [0.29, 0.717) is 5.92 Å². The Bertz CT molecular complexity index is 656. The molecule has 4 rings (SSSR count). The number of aromatic nitrogens is 1. The standard InChI is InChI=1S/C14H14N2O3S.BrH/c17-14-12(9-3-4-15-6-9)13(20-16-14)8-1-2-10-11(5-8)19-7-18-10;/h1-2,5,9,15H,3-4,6-7H2,(H,16,17);1H. The van der Waals surface area contributed by atoms with Gasteiger partial charge < -0.3 is 19.9 Å². The smallest absolute Gasteiger partial charge is 0.231 e. The van der Waals surface area contributed by atoms with Crippen molar-refractivity contribution < 1.29 is 14.6 Å². The molecule has 1 aromatic carbocycles. The normalized spacial score (nSPS) is 19.5. The Labute approximate surface area is 136 Å². The molecule has 0 aliphatic carbocycles. The maximum Gasteiger partial charge on any atom is 0.231 e. The van der Waals surface area contributed by atoms with Crippen LogP contribution in [-0.4, -0.2) is 29.4 Å². The van der Waals surface area contributed by atoms with E-state index >= 15 is 0 Å². The first-order valence-electron chi connectivity index (χ1n) is 6.62. The van der Waals surface area contributed by atoms with Crippen molar-refractivity contribution in [2.45, 2.75) is 12.3 Å². The van der Waals surface area contributed by atoms with Crippen LogP contribution in [0.3, 0.4) is 0 Å². The molecule has 112 valence electrons.